The van der Waals surface area contributed by atoms with Gasteiger partial charge in [0, 0.05) is 17.1 Å². The van der Waals surface area contributed by atoms with Gasteiger partial charge in [-0.15, -0.1) is 16.4 Å². The van der Waals surface area contributed by atoms with Crippen LogP contribution in [0.15, 0.2) is 35.8 Å². The summed E-state index contributed by atoms with van der Waals surface area (Å²) in [6, 6.07) is 10.3. The largest absolute Gasteiger partial charge is 0.227 e. The van der Waals surface area contributed by atoms with Gasteiger partial charge in [-0.25, -0.2) is 4.98 Å². The van der Waals surface area contributed by atoms with E-state index in [9.17, 15) is 5.26 Å². The van der Waals surface area contributed by atoms with Crippen molar-refractivity contribution in [1.29, 1.82) is 5.26 Å². The maximum Gasteiger partial charge on any atom is 0.212 e. The zero-order chi connectivity index (χ0) is 15.7. The first-order valence-electron chi connectivity index (χ1n) is 6.87. The van der Waals surface area contributed by atoms with Crippen LogP contribution in [0.25, 0.3) is 16.4 Å². The fraction of sp³-hybridized carbons (Fsp3) is 0.250. The highest BCUT2D eigenvalue weighted by molar-refractivity contribution is 7.12. The second kappa shape index (κ2) is 5.35. The summed E-state index contributed by atoms with van der Waals surface area (Å²) in [5.41, 5.74) is 3.22. The highest BCUT2D eigenvalue weighted by Crippen LogP contribution is 2.29. The van der Waals surface area contributed by atoms with Crippen molar-refractivity contribution >= 4 is 11.3 Å². The number of hydrogen-bond donors (Lipinski definition) is 0. The molecule has 110 valence electrons. The maximum atomic E-state index is 9.29. The van der Waals surface area contributed by atoms with Crippen LogP contribution in [0.2, 0.25) is 0 Å². The molecule has 0 radical (unpaired) electrons. The van der Waals surface area contributed by atoms with E-state index in [4.69, 9.17) is 0 Å². The average Bonchev–Trinajstić information content (AvgIpc) is 3.15. The van der Waals surface area contributed by atoms with Gasteiger partial charge in [-0.1, -0.05) is 50.3 Å². The van der Waals surface area contributed by atoms with Crippen molar-refractivity contribution in [2.24, 2.45) is 0 Å². The smallest absolute Gasteiger partial charge is 0.212 e. The molecule has 0 bridgehead atoms. The van der Waals surface area contributed by atoms with Gasteiger partial charge in [0.05, 0.1) is 0 Å². The van der Waals surface area contributed by atoms with E-state index in [-0.39, 0.29) is 5.41 Å². The number of nitriles is 1. The topological polar surface area (TPSA) is 67.4 Å². The first kappa shape index (κ1) is 14.4. The zero-order valence-corrected chi connectivity index (χ0v) is 13.4. The van der Waals surface area contributed by atoms with E-state index < -0.39 is 0 Å². The lowest BCUT2D eigenvalue weighted by atomic mass is 9.86. The Kier molecular flexibility index (Phi) is 3.51. The standard InChI is InChI=1S/C16H15N5S/c1-16(2,3)12-6-4-11(5-7-12)14-13(10-17)19-20-21(14)15-18-8-9-22-15/h4-9H,1-3H3. The predicted molar refractivity (Wildman–Crippen MR) is 85.9 cm³/mol. The van der Waals surface area contributed by atoms with Gasteiger partial charge >= 0.3 is 0 Å². The minimum atomic E-state index is 0.0877. The summed E-state index contributed by atoms with van der Waals surface area (Å²) in [6.45, 7) is 6.51. The molecule has 3 rings (SSSR count). The number of benzene rings is 1. The molecule has 0 aliphatic carbocycles. The molecule has 6 heteroatoms. The lowest BCUT2D eigenvalue weighted by molar-refractivity contribution is 0.590. The molecule has 0 saturated heterocycles. The molecular formula is C16H15N5S. The molecular weight excluding hydrogens is 294 g/mol. The molecule has 2 aromatic heterocycles. The molecule has 0 fully saturated rings. The van der Waals surface area contributed by atoms with Crippen molar-refractivity contribution < 1.29 is 0 Å². The summed E-state index contributed by atoms with van der Waals surface area (Å²) in [5, 5.41) is 19.9. The molecule has 0 saturated carbocycles. The van der Waals surface area contributed by atoms with Crippen LogP contribution < -0.4 is 0 Å². The summed E-state index contributed by atoms with van der Waals surface area (Å²) < 4.78 is 1.62. The van der Waals surface area contributed by atoms with Crippen molar-refractivity contribution in [2.75, 3.05) is 0 Å². The quantitative estimate of drug-likeness (QED) is 0.726. The van der Waals surface area contributed by atoms with Crippen molar-refractivity contribution in [1.82, 2.24) is 20.0 Å². The lowest BCUT2D eigenvalue weighted by Gasteiger charge is -2.19. The summed E-state index contributed by atoms with van der Waals surface area (Å²) >= 11 is 1.46. The van der Waals surface area contributed by atoms with E-state index in [0.29, 0.717) is 16.5 Å². The van der Waals surface area contributed by atoms with Gasteiger partial charge in [0.15, 0.2) is 5.69 Å². The molecule has 0 N–H and O–H groups in total. The molecule has 0 aliphatic heterocycles. The van der Waals surface area contributed by atoms with Crippen molar-refractivity contribution in [2.45, 2.75) is 26.2 Å². The van der Waals surface area contributed by atoms with Crippen molar-refractivity contribution in [3.63, 3.8) is 0 Å². The van der Waals surface area contributed by atoms with Gasteiger partial charge in [0.1, 0.15) is 11.8 Å². The molecule has 5 nitrogen and oxygen atoms in total. The zero-order valence-electron chi connectivity index (χ0n) is 12.6. The first-order chi connectivity index (χ1) is 10.5. The molecule has 3 aromatic rings. The second-order valence-electron chi connectivity index (χ2n) is 5.95. The van der Waals surface area contributed by atoms with Crippen molar-refractivity contribution in [3.05, 3.63) is 47.1 Å². The van der Waals surface area contributed by atoms with Gasteiger partial charge in [0.25, 0.3) is 0 Å². The Bertz CT molecular complexity index is 817. The maximum absolute atomic E-state index is 9.29. The Morgan fingerprint density at radius 3 is 2.45 bits per heavy atom. The molecule has 0 unspecified atom stereocenters. The van der Waals surface area contributed by atoms with Gasteiger partial charge in [0.2, 0.25) is 5.13 Å². The normalized spacial score (nSPS) is 11.4. The number of rotatable bonds is 2. The SMILES string of the molecule is CC(C)(C)c1ccc(-c2c(C#N)nnn2-c2nccs2)cc1. The second-order valence-corrected chi connectivity index (χ2v) is 6.83. The van der Waals surface area contributed by atoms with Crippen LogP contribution >= 0.6 is 11.3 Å². The van der Waals surface area contributed by atoms with Crippen molar-refractivity contribution in [3.8, 4) is 22.5 Å². The summed E-state index contributed by atoms with van der Waals surface area (Å²) in [7, 11) is 0. The van der Waals surface area contributed by atoms with Crippen LogP contribution in [0.3, 0.4) is 0 Å². The molecule has 1 aromatic carbocycles. The van der Waals surface area contributed by atoms with Crippen LogP contribution in [-0.4, -0.2) is 20.0 Å². The van der Waals surface area contributed by atoms with Crippen LogP contribution in [0.1, 0.15) is 32.0 Å². The van der Waals surface area contributed by atoms with E-state index in [1.165, 1.54) is 16.9 Å². The Morgan fingerprint density at radius 1 is 1.18 bits per heavy atom. The Morgan fingerprint density at radius 2 is 1.91 bits per heavy atom. The van der Waals surface area contributed by atoms with Gasteiger partial charge in [-0.2, -0.15) is 9.94 Å². The third-order valence-corrected chi connectivity index (χ3v) is 4.15. The lowest BCUT2D eigenvalue weighted by Crippen LogP contribution is -2.10. The Hall–Kier alpha value is -2.52. The number of aromatic nitrogens is 4. The molecule has 0 aliphatic rings. The molecule has 22 heavy (non-hydrogen) atoms. The summed E-state index contributed by atoms with van der Waals surface area (Å²) in [4.78, 5) is 4.25. The number of hydrogen-bond acceptors (Lipinski definition) is 5. The molecule has 2 heterocycles. The van der Waals surface area contributed by atoms with Crippen LogP contribution in [0, 0.1) is 11.3 Å². The molecule has 0 amide bonds. The molecule has 0 atom stereocenters. The third-order valence-electron chi connectivity index (χ3n) is 3.40. The minimum Gasteiger partial charge on any atom is -0.227 e. The Labute approximate surface area is 132 Å². The van der Waals surface area contributed by atoms with Gasteiger partial charge < -0.3 is 0 Å². The van der Waals surface area contributed by atoms with E-state index in [0.717, 1.165) is 5.56 Å². The van der Waals surface area contributed by atoms with Crippen LogP contribution in [0.5, 0.6) is 0 Å². The highest BCUT2D eigenvalue weighted by Gasteiger charge is 2.19. The predicted octanol–water partition coefficient (Wildman–Crippen LogP) is 3.56. The third kappa shape index (κ3) is 2.51. The summed E-state index contributed by atoms with van der Waals surface area (Å²) in [6.07, 6.45) is 1.71. The van der Waals surface area contributed by atoms with Gasteiger partial charge in [-0.05, 0) is 11.0 Å². The number of thiazole rings is 1. The first-order valence-corrected chi connectivity index (χ1v) is 7.75. The highest BCUT2D eigenvalue weighted by atomic mass is 32.1. The monoisotopic (exact) mass is 309 g/mol. The fourth-order valence-electron chi connectivity index (χ4n) is 2.20. The minimum absolute atomic E-state index is 0.0877. The Balaban J connectivity index is 2.12. The van der Waals surface area contributed by atoms with E-state index in [1.807, 2.05) is 17.5 Å². The van der Waals surface area contributed by atoms with E-state index in [2.05, 4.69) is 54.3 Å². The van der Waals surface area contributed by atoms with E-state index >= 15 is 0 Å². The van der Waals surface area contributed by atoms with Crippen LogP contribution in [0.4, 0.5) is 0 Å². The van der Waals surface area contributed by atoms with E-state index in [1.54, 1.807) is 10.9 Å². The molecule has 0 spiro atoms. The van der Waals surface area contributed by atoms with Crippen LogP contribution in [-0.2, 0) is 5.41 Å². The van der Waals surface area contributed by atoms with Gasteiger partial charge in [-0.3, -0.25) is 0 Å². The number of nitrogens with zero attached hydrogens (tertiary/aromatic N) is 5. The summed E-state index contributed by atoms with van der Waals surface area (Å²) in [5.74, 6) is 0. The average molecular weight is 309 g/mol. The fourth-order valence-corrected chi connectivity index (χ4v) is 2.79.